The molecule has 0 bridgehead atoms. The van der Waals surface area contributed by atoms with Gasteiger partial charge in [-0.25, -0.2) is 4.79 Å². The Morgan fingerprint density at radius 1 is 1.47 bits per heavy atom. The molecule has 92 valence electrons. The van der Waals surface area contributed by atoms with Gasteiger partial charge in [0.2, 0.25) is 0 Å². The van der Waals surface area contributed by atoms with Crippen LogP contribution in [0.25, 0.3) is 0 Å². The fourth-order valence-corrected chi connectivity index (χ4v) is 1.95. The van der Waals surface area contributed by atoms with Gasteiger partial charge in [0.1, 0.15) is 0 Å². The molecule has 2 N–H and O–H groups in total. The van der Waals surface area contributed by atoms with Crippen molar-refractivity contribution in [3.05, 3.63) is 29.3 Å². The second kappa shape index (κ2) is 5.21. The predicted octanol–water partition coefficient (Wildman–Crippen LogP) is 2.92. The van der Waals surface area contributed by atoms with Crippen molar-refractivity contribution in [3.8, 4) is 0 Å². The zero-order valence-corrected chi connectivity index (χ0v) is 10.2. The molecule has 1 saturated carbocycles. The van der Waals surface area contributed by atoms with Crippen molar-refractivity contribution >= 4 is 11.7 Å². The maximum atomic E-state index is 11.7. The van der Waals surface area contributed by atoms with Crippen LogP contribution in [0.5, 0.6) is 0 Å². The van der Waals surface area contributed by atoms with Gasteiger partial charge in [0.05, 0.1) is 12.2 Å². The van der Waals surface area contributed by atoms with E-state index in [1.165, 1.54) is 19.3 Å². The number of esters is 1. The molecule has 0 unspecified atom stereocenters. The van der Waals surface area contributed by atoms with E-state index in [1.54, 1.807) is 12.1 Å². The van der Waals surface area contributed by atoms with Gasteiger partial charge in [0.25, 0.3) is 0 Å². The average molecular weight is 233 g/mol. The first kappa shape index (κ1) is 12.0. The molecule has 0 heterocycles. The molecule has 0 spiro atoms. The lowest BCUT2D eigenvalue weighted by Gasteiger charge is -2.24. The lowest BCUT2D eigenvalue weighted by atomic mass is 9.83. The summed E-state index contributed by atoms with van der Waals surface area (Å²) in [6.45, 7) is 2.44. The van der Waals surface area contributed by atoms with E-state index in [1.807, 2.05) is 13.0 Å². The van der Waals surface area contributed by atoms with Gasteiger partial charge in [-0.15, -0.1) is 0 Å². The molecule has 0 amide bonds. The first-order valence-electron chi connectivity index (χ1n) is 6.20. The number of nitrogens with two attached hydrogens (primary N) is 1. The van der Waals surface area contributed by atoms with E-state index < -0.39 is 0 Å². The van der Waals surface area contributed by atoms with E-state index in [4.69, 9.17) is 10.5 Å². The molecule has 0 radical (unpaired) electrons. The largest absolute Gasteiger partial charge is 0.462 e. The summed E-state index contributed by atoms with van der Waals surface area (Å²) < 4.78 is 5.23. The minimum Gasteiger partial charge on any atom is -0.462 e. The number of carbonyl (C=O) groups is 1. The molecule has 1 aliphatic rings. The highest BCUT2D eigenvalue weighted by Crippen LogP contribution is 2.29. The second-order valence-corrected chi connectivity index (χ2v) is 4.79. The van der Waals surface area contributed by atoms with Gasteiger partial charge in [0, 0.05) is 5.69 Å². The maximum absolute atomic E-state index is 11.7. The fraction of sp³-hybridized carbons (Fsp3) is 0.500. The Bertz CT molecular complexity index is 411. The molecule has 1 aliphatic carbocycles. The van der Waals surface area contributed by atoms with Gasteiger partial charge >= 0.3 is 5.97 Å². The molecular weight excluding hydrogens is 214 g/mol. The molecule has 0 aromatic heterocycles. The standard InChI is InChI=1S/C14H19NO2/c1-10-5-6-12(9-13(10)15)14(16)17-8-7-11-3-2-4-11/h5-6,9,11H,2-4,7-8,15H2,1H3. The number of hydrogen-bond donors (Lipinski definition) is 1. The van der Waals surface area contributed by atoms with Crippen molar-refractivity contribution < 1.29 is 9.53 Å². The van der Waals surface area contributed by atoms with Gasteiger partial charge in [-0.3, -0.25) is 0 Å². The Morgan fingerprint density at radius 2 is 2.24 bits per heavy atom. The van der Waals surface area contributed by atoms with E-state index in [0.29, 0.717) is 17.9 Å². The number of anilines is 1. The topological polar surface area (TPSA) is 52.3 Å². The van der Waals surface area contributed by atoms with Gasteiger partial charge in [-0.2, -0.15) is 0 Å². The highest BCUT2D eigenvalue weighted by Gasteiger charge is 2.17. The molecule has 2 rings (SSSR count). The summed E-state index contributed by atoms with van der Waals surface area (Å²) in [6.07, 6.45) is 4.89. The van der Waals surface area contributed by atoms with Crippen molar-refractivity contribution in [2.75, 3.05) is 12.3 Å². The number of carbonyl (C=O) groups excluding carboxylic acids is 1. The monoisotopic (exact) mass is 233 g/mol. The van der Waals surface area contributed by atoms with Crippen LogP contribution in [0.15, 0.2) is 18.2 Å². The van der Waals surface area contributed by atoms with E-state index in [0.717, 1.165) is 17.9 Å². The molecule has 1 aromatic carbocycles. The number of hydrogen-bond acceptors (Lipinski definition) is 3. The quantitative estimate of drug-likeness (QED) is 0.642. The second-order valence-electron chi connectivity index (χ2n) is 4.79. The highest BCUT2D eigenvalue weighted by molar-refractivity contribution is 5.90. The number of aryl methyl sites for hydroxylation is 1. The summed E-state index contributed by atoms with van der Waals surface area (Å²) in [7, 11) is 0. The Morgan fingerprint density at radius 3 is 2.82 bits per heavy atom. The summed E-state index contributed by atoms with van der Waals surface area (Å²) in [5.41, 5.74) is 7.92. The zero-order valence-electron chi connectivity index (χ0n) is 10.2. The van der Waals surface area contributed by atoms with E-state index in [2.05, 4.69) is 0 Å². The van der Waals surface area contributed by atoms with Gasteiger partial charge < -0.3 is 10.5 Å². The SMILES string of the molecule is Cc1ccc(C(=O)OCCC2CCC2)cc1N. The third-order valence-electron chi connectivity index (χ3n) is 3.50. The smallest absolute Gasteiger partial charge is 0.338 e. The highest BCUT2D eigenvalue weighted by atomic mass is 16.5. The average Bonchev–Trinajstić information content (AvgIpc) is 2.25. The normalized spacial score (nSPS) is 15.4. The van der Waals surface area contributed by atoms with Crippen LogP contribution in [0.3, 0.4) is 0 Å². The maximum Gasteiger partial charge on any atom is 0.338 e. The third-order valence-corrected chi connectivity index (χ3v) is 3.50. The summed E-state index contributed by atoms with van der Waals surface area (Å²) in [4.78, 5) is 11.7. The van der Waals surface area contributed by atoms with Crippen LogP contribution >= 0.6 is 0 Å². The van der Waals surface area contributed by atoms with Crippen molar-refractivity contribution in [2.24, 2.45) is 5.92 Å². The van der Waals surface area contributed by atoms with E-state index in [-0.39, 0.29) is 5.97 Å². The number of nitrogen functional groups attached to an aromatic ring is 1. The van der Waals surface area contributed by atoms with Crippen LogP contribution in [0.1, 0.15) is 41.6 Å². The molecule has 3 nitrogen and oxygen atoms in total. The van der Waals surface area contributed by atoms with Crippen LogP contribution in [0, 0.1) is 12.8 Å². The Labute approximate surface area is 102 Å². The van der Waals surface area contributed by atoms with Gasteiger partial charge in [0.15, 0.2) is 0 Å². The first-order valence-corrected chi connectivity index (χ1v) is 6.20. The predicted molar refractivity (Wildman–Crippen MR) is 67.8 cm³/mol. The van der Waals surface area contributed by atoms with E-state index in [9.17, 15) is 4.79 Å². The Kier molecular flexibility index (Phi) is 3.67. The third kappa shape index (κ3) is 2.99. The summed E-state index contributed by atoms with van der Waals surface area (Å²) in [5, 5.41) is 0. The molecule has 3 heteroatoms. The van der Waals surface area contributed by atoms with Crippen molar-refractivity contribution in [2.45, 2.75) is 32.6 Å². The van der Waals surface area contributed by atoms with E-state index >= 15 is 0 Å². The van der Waals surface area contributed by atoms with Crippen molar-refractivity contribution in [1.29, 1.82) is 0 Å². The zero-order chi connectivity index (χ0) is 12.3. The van der Waals surface area contributed by atoms with Gasteiger partial charge in [-0.1, -0.05) is 25.3 Å². The van der Waals surface area contributed by atoms with Gasteiger partial charge in [-0.05, 0) is 37.0 Å². The fourth-order valence-electron chi connectivity index (χ4n) is 1.95. The van der Waals surface area contributed by atoms with Crippen LogP contribution in [-0.4, -0.2) is 12.6 Å². The Balaban J connectivity index is 1.83. The summed E-state index contributed by atoms with van der Waals surface area (Å²) in [6, 6.07) is 5.29. The Hall–Kier alpha value is -1.51. The lowest BCUT2D eigenvalue weighted by Crippen LogP contribution is -2.15. The molecule has 0 atom stereocenters. The molecule has 1 fully saturated rings. The lowest BCUT2D eigenvalue weighted by molar-refractivity contribution is 0.0464. The van der Waals surface area contributed by atoms with Crippen molar-refractivity contribution in [3.63, 3.8) is 0 Å². The number of benzene rings is 1. The number of ether oxygens (including phenoxy) is 1. The summed E-state index contributed by atoms with van der Waals surface area (Å²) in [5.74, 6) is 0.502. The molecule has 1 aromatic rings. The van der Waals surface area contributed by atoms with Crippen LogP contribution in [-0.2, 0) is 4.74 Å². The van der Waals surface area contributed by atoms with Crippen LogP contribution < -0.4 is 5.73 Å². The first-order chi connectivity index (χ1) is 8.16. The minimum atomic E-state index is -0.268. The minimum absolute atomic E-state index is 0.268. The molecular formula is C14H19NO2. The number of rotatable bonds is 4. The summed E-state index contributed by atoms with van der Waals surface area (Å²) >= 11 is 0. The van der Waals surface area contributed by atoms with Crippen molar-refractivity contribution in [1.82, 2.24) is 0 Å². The van der Waals surface area contributed by atoms with Crippen LogP contribution in [0.4, 0.5) is 5.69 Å². The van der Waals surface area contributed by atoms with Crippen LogP contribution in [0.2, 0.25) is 0 Å². The molecule has 0 aliphatic heterocycles. The molecule has 0 saturated heterocycles. The molecule has 17 heavy (non-hydrogen) atoms.